The average molecular weight is 199 g/mol. The second kappa shape index (κ2) is 4.81. The van der Waals surface area contributed by atoms with Crippen molar-refractivity contribution in [2.45, 2.75) is 32.0 Å². The standard InChI is InChI=1S/C8H16F3NO/c1-4-13-7(2,6-12-3)5-8(9,10)11/h12H,4-6H2,1-3H3. The molecule has 2 nitrogen and oxygen atoms in total. The number of alkyl halides is 3. The van der Waals surface area contributed by atoms with Crippen molar-refractivity contribution in [3.63, 3.8) is 0 Å². The van der Waals surface area contributed by atoms with Crippen molar-refractivity contribution in [3.05, 3.63) is 0 Å². The zero-order valence-electron chi connectivity index (χ0n) is 8.16. The van der Waals surface area contributed by atoms with Gasteiger partial charge in [0.05, 0.1) is 12.0 Å². The van der Waals surface area contributed by atoms with Gasteiger partial charge in [-0.05, 0) is 20.9 Å². The van der Waals surface area contributed by atoms with E-state index in [1.807, 2.05) is 0 Å². The number of hydrogen-bond donors (Lipinski definition) is 1. The van der Waals surface area contributed by atoms with Crippen molar-refractivity contribution in [1.29, 1.82) is 0 Å². The summed E-state index contributed by atoms with van der Waals surface area (Å²) in [6, 6.07) is 0. The van der Waals surface area contributed by atoms with Crippen molar-refractivity contribution >= 4 is 0 Å². The number of halogens is 3. The molecule has 0 aliphatic heterocycles. The molecule has 0 bridgehead atoms. The smallest absolute Gasteiger partial charge is 0.374 e. The second-order valence-electron chi connectivity index (χ2n) is 3.21. The van der Waals surface area contributed by atoms with E-state index >= 15 is 0 Å². The summed E-state index contributed by atoms with van der Waals surface area (Å²) in [5.41, 5.74) is -1.15. The third-order valence-corrected chi connectivity index (χ3v) is 1.62. The Kier molecular flexibility index (Phi) is 4.70. The van der Waals surface area contributed by atoms with Crippen LogP contribution in [0.25, 0.3) is 0 Å². The maximum atomic E-state index is 12.1. The quantitative estimate of drug-likeness (QED) is 0.730. The van der Waals surface area contributed by atoms with Crippen LogP contribution in [0.3, 0.4) is 0 Å². The lowest BCUT2D eigenvalue weighted by Crippen LogP contribution is -2.43. The zero-order chi connectivity index (χ0) is 10.5. The zero-order valence-corrected chi connectivity index (χ0v) is 8.16. The molecule has 0 aromatic carbocycles. The molecule has 1 atom stereocenters. The second-order valence-corrected chi connectivity index (χ2v) is 3.21. The van der Waals surface area contributed by atoms with Crippen LogP contribution in [-0.2, 0) is 4.74 Å². The van der Waals surface area contributed by atoms with Gasteiger partial charge in [0.25, 0.3) is 0 Å². The van der Waals surface area contributed by atoms with Gasteiger partial charge in [-0.3, -0.25) is 0 Å². The molecule has 0 fully saturated rings. The predicted octanol–water partition coefficient (Wildman–Crippen LogP) is 1.95. The molecule has 5 heteroatoms. The van der Waals surface area contributed by atoms with E-state index in [1.54, 1.807) is 14.0 Å². The van der Waals surface area contributed by atoms with Crippen LogP contribution >= 0.6 is 0 Å². The molecule has 0 saturated carbocycles. The maximum Gasteiger partial charge on any atom is 0.391 e. The molecule has 0 aliphatic rings. The summed E-state index contributed by atoms with van der Waals surface area (Å²) in [6.45, 7) is 3.62. The van der Waals surface area contributed by atoms with Crippen LogP contribution in [0.4, 0.5) is 13.2 Å². The number of nitrogens with one attached hydrogen (secondary N) is 1. The SMILES string of the molecule is CCOC(C)(CNC)CC(F)(F)F. The Bertz CT molecular complexity index is 141. The van der Waals surface area contributed by atoms with Crippen molar-refractivity contribution < 1.29 is 17.9 Å². The highest BCUT2D eigenvalue weighted by Crippen LogP contribution is 2.29. The van der Waals surface area contributed by atoms with Crippen LogP contribution in [0.2, 0.25) is 0 Å². The van der Waals surface area contributed by atoms with E-state index in [0.717, 1.165) is 0 Å². The van der Waals surface area contributed by atoms with Crippen molar-refractivity contribution in [2.75, 3.05) is 20.2 Å². The minimum absolute atomic E-state index is 0.195. The summed E-state index contributed by atoms with van der Waals surface area (Å²) in [7, 11) is 1.60. The molecule has 0 saturated heterocycles. The number of rotatable bonds is 5. The highest BCUT2D eigenvalue weighted by molar-refractivity contribution is 4.80. The van der Waals surface area contributed by atoms with Crippen LogP contribution in [0.5, 0.6) is 0 Å². The normalized spacial score (nSPS) is 17.1. The van der Waals surface area contributed by atoms with E-state index < -0.39 is 18.2 Å². The van der Waals surface area contributed by atoms with Crippen molar-refractivity contribution in [2.24, 2.45) is 0 Å². The predicted molar refractivity (Wildman–Crippen MR) is 44.6 cm³/mol. The summed E-state index contributed by atoms with van der Waals surface area (Å²) in [6.07, 6.45) is -5.10. The topological polar surface area (TPSA) is 21.3 Å². The third-order valence-electron chi connectivity index (χ3n) is 1.62. The monoisotopic (exact) mass is 199 g/mol. The summed E-state index contributed by atoms with van der Waals surface area (Å²) >= 11 is 0. The molecule has 13 heavy (non-hydrogen) atoms. The molecule has 0 radical (unpaired) electrons. The molecule has 1 N–H and O–H groups in total. The van der Waals surface area contributed by atoms with Crippen LogP contribution in [-0.4, -0.2) is 32.0 Å². The summed E-state index contributed by atoms with van der Waals surface area (Å²) in [5, 5.41) is 2.69. The van der Waals surface area contributed by atoms with Gasteiger partial charge in [-0.1, -0.05) is 0 Å². The first-order valence-corrected chi connectivity index (χ1v) is 4.18. The van der Waals surface area contributed by atoms with Crippen molar-refractivity contribution in [1.82, 2.24) is 5.32 Å². The lowest BCUT2D eigenvalue weighted by atomic mass is 10.0. The van der Waals surface area contributed by atoms with Crippen LogP contribution in [0.1, 0.15) is 20.3 Å². The van der Waals surface area contributed by atoms with Gasteiger partial charge in [0.2, 0.25) is 0 Å². The molecule has 80 valence electrons. The van der Waals surface area contributed by atoms with Crippen LogP contribution < -0.4 is 5.32 Å². The van der Waals surface area contributed by atoms with E-state index in [2.05, 4.69) is 5.32 Å². The fraction of sp³-hybridized carbons (Fsp3) is 1.00. The molecule has 0 spiro atoms. The summed E-state index contributed by atoms with van der Waals surface area (Å²) < 4.78 is 41.3. The first kappa shape index (κ1) is 12.7. The van der Waals surface area contributed by atoms with Gasteiger partial charge < -0.3 is 10.1 Å². The number of hydrogen-bond acceptors (Lipinski definition) is 2. The van der Waals surface area contributed by atoms with Gasteiger partial charge in [0.15, 0.2) is 0 Å². The fourth-order valence-electron chi connectivity index (χ4n) is 1.31. The van der Waals surface area contributed by atoms with Gasteiger partial charge in [-0.25, -0.2) is 0 Å². The minimum Gasteiger partial charge on any atom is -0.374 e. The molecule has 0 heterocycles. The summed E-state index contributed by atoms with van der Waals surface area (Å²) in [4.78, 5) is 0. The van der Waals surface area contributed by atoms with Gasteiger partial charge in [0, 0.05) is 13.2 Å². The Morgan fingerprint density at radius 3 is 2.15 bits per heavy atom. The molecule has 0 aromatic heterocycles. The van der Waals surface area contributed by atoms with Gasteiger partial charge >= 0.3 is 6.18 Å². The number of ether oxygens (including phenoxy) is 1. The molecular weight excluding hydrogens is 183 g/mol. The van der Waals surface area contributed by atoms with Gasteiger partial charge in [-0.15, -0.1) is 0 Å². The summed E-state index contributed by atoms with van der Waals surface area (Å²) in [5.74, 6) is 0. The highest BCUT2D eigenvalue weighted by Gasteiger charge is 2.39. The Balaban J connectivity index is 4.22. The molecule has 0 aliphatic carbocycles. The first-order valence-electron chi connectivity index (χ1n) is 4.18. The number of likely N-dealkylation sites (N-methyl/N-ethyl adjacent to an activating group) is 1. The molecular formula is C8H16F3NO. The first-order chi connectivity index (χ1) is 5.83. The maximum absolute atomic E-state index is 12.1. The highest BCUT2D eigenvalue weighted by atomic mass is 19.4. The molecule has 0 aromatic rings. The Morgan fingerprint density at radius 1 is 1.31 bits per heavy atom. The Morgan fingerprint density at radius 2 is 1.85 bits per heavy atom. The van der Waals surface area contributed by atoms with Gasteiger partial charge in [-0.2, -0.15) is 13.2 Å². The fourth-order valence-corrected chi connectivity index (χ4v) is 1.31. The Hall–Kier alpha value is -0.290. The lowest BCUT2D eigenvalue weighted by molar-refractivity contribution is -0.182. The lowest BCUT2D eigenvalue weighted by Gasteiger charge is -2.30. The van der Waals surface area contributed by atoms with E-state index in [1.165, 1.54) is 6.92 Å². The van der Waals surface area contributed by atoms with Gasteiger partial charge in [0.1, 0.15) is 0 Å². The molecule has 0 rings (SSSR count). The molecule has 0 amide bonds. The largest absolute Gasteiger partial charge is 0.391 e. The van der Waals surface area contributed by atoms with E-state index in [-0.39, 0.29) is 13.2 Å². The van der Waals surface area contributed by atoms with Crippen LogP contribution in [0.15, 0.2) is 0 Å². The Labute approximate surface area is 76.5 Å². The minimum atomic E-state index is -4.18. The van der Waals surface area contributed by atoms with E-state index in [4.69, 9.17) is 4.74 Å². The van der Waals surface area contributed by atoms with E-state index in [9.17, 15) is 13.2 Å². The third kappa shape index (κ3) is 5.87. The van der Waals surface area contributed by atoms with Crippen molar-refractivity contribution in [3.8, 4) is 0 Å². The average Bonchev–Trinajstić information content (AvgIpc) is 1.82. The molecule has 1 unspecified atom stereocenters. The van der Waals surface area contributed by atoms with E-state index in [0.29, 0.717) is 0 Å². The van der Waals surface area contributed by atoms with Crippen LogP contribution in [0, 0.1) is 0 Å².